The minimum absolute atomic E-state index is 0.185. The fourth-order valence-electron chi connectivity index (χ4n) is 4.07. The molecule has 4 rings (SSSR count). The van der Waals surface area contributed by atoms with Gasteiger partial charge in [0, 0.05) is 25.6 Å². The number of furan rings is 1. The summed E-state index contributed by atoms with van der Waals surface area (Å²) in [6, 6.07) is 2.53. The van der Waals surface area contributed by atoms with Gasteiger partial charge in [0.2, 0.25) is 17.6 Å². The Balaban J connectivity index is 1.47. The number of carbonyl (C=O) groups is 1. The number of amides is 1. The molecule has 0 unspecified atom stereocenters. The second kappa shape index (κ2) is 6.39. The van der Waals surface area contributed by atoms with Crippen molar-refractivity contribution in [3.05, 3.63) is 24.5 Å². The smallest absolute Gasteiger partial charge is 0.241 e. The summed E-state index contributed by atoms with van der Waals surface area (Å²) in [6.07, 6.45) is 7.66. The summed E-state index contributed by atoms with van der Waals surface area (Å²) in [6.45, 7) is 4.20. The number of hydrogen-bond donors (Lipinski definition) is 0. The Morgan fingerprint density at radius 1 is 1.29 bits per heavy atom. The fourth-order valence-corrected chi connectivity index (χ4v) is 4.07. The van der Waals surface area contributed by atoms with E-state index < -0.39 is 0 Å². The van der Waals surface area contributed by atoms with Gasteiger partial charge in [-0.05, 0) is 38.3 Å². The number of aromatic nitrogens is 2. The molecule has 2 saturated heterocycles. The molecule has 1 amide bonds. The van der Waals surface area contributed by atoms with E-state index in [-0.39, 0.29) is 5.91 Å². The lowest BCUT2D eigenvalue weighted by Crippen LogP contribution is -2.47. The van der Waals surface area contributed by atoms with Crippen molar-refractivity contribution in [2.24, 2.45) is 0 Å². The van der Waals surface area contributed by atoms with E-state index in [0.29, 0.717) is 30.3 Å². The minimum Gasteiger partial charge on any atom is -0.472 e. The molecule has 4 heterocycles. The van der Waals surface area contributed by atoms with Crippen LogP contribution in [0.3, 0.4) is 0 Å². The van der Waals surface area contributed by atoms with Gasteiger partial charge >= 0.3 is 0 Å². The van der Waals surface area contributed by atoms with Crippen LogP contribution in [0.5, 0.6) is 0 Å². The number of nitrogens with zero attached hydrogens (tertiary/aromatic N) is 4. The first kappa shape index (κ1) is 15.4. The van der Waals surface area contributed by atoms with Crippen LogP contribution in [0.1, 0.15) is 38.5 Å². The van der Waals surface area contributed by atoms with Gasteiger partial charge in [-0.15, -0.1) is 0 Å². The maximum absolute atomic E-state index is 11.9. The topological polar surface area (TPSA) is 75.6 Å². The van der Waals surface area contributed by atoms with E-state index in [1.807, 2.05) is 11.0 Å². The van der Waals surface area contributed by atoms with E-state index in [1.54, 1.807) is 19.5 Å². The van der Waals surface area contributed by atoms with E-state index >= 15 is 0 Å². The van der Waals surface area contributed by atoms with Gasteiger partial charge in [0.1, 0.15) is 6.26 Å². The largest absolute Gasteiger partial charge is 0.472 e. The third-order valence-corrected chi connectivity index (χ3v) is 5.15. The number of hydrogen-bond acceptors (Lipinski definition) is 6. The SMILES string of the molecule is CC(=O)N1CCC[C@@H]1[C@@H]1CCCN1Cc1nc(-c2ccoc2)no1. The molecule has 2 atom stereocenters. The van der Waals surface area contributed by atoms with Crippen molar-refractivity contribution in [3.8, 4) is 11.4 Å². The van der Waals surface area contributed by atoms with Crippen molar-refractivity contribution in [1.29, 1.82) is 0 Å². The van der Waals surface area contributed by atoms with E-state index in [4.69, 9.17) is 8.94 Å². The summed E-state index contributed by atoms with van der Waals surface area (Å²) in [5, 5.41) is 4.03. The first-order chi connectivity index (χ1) is 11.7. The molecule has 2 aliphatic rings. The summed E-state index contributed by atoms with van der Waals surface area (Å²) in [5.74, 6) is 1.36. The molecular weight excluding hydrogens is 308 g/mol. The van der Waals surface area contributed by atoms with Gasteiger partial charge in [0.15, 0.2) is 0 Å². The molecule has 2 aromatic heterocycles. The fraction of sp³-hybridized carbons (Fsp3) is 0.588. The van der Waals surface area contributed by atoms with Crippen LogP contribution in [0.4, 0.5) is 0 Å². The van der Waals surface area contributed by atoms with Gasteiger partial charge in [0.25, 0.3) is 0 Å². The van der Waals surface area contributed by atoms with Crippen LogP contribution in [0.25, 0.3) is 11.4 Å². The summed E-state index contributed by atoms with van der Waals surface area (Å²) >= 11 is 0. The first-order valence-electron chi connectivity index (χ1n) is 8.59. The highest BCUT2D eigenvalue weighted by atomic mass is 16.5. The van der Waals surface area contributed by atoms with Crippen molar-refractivity contribution in [3.63, 3.8) is 0 Å². The number of rotatable bonds is 4. The molecule has 0 aliphatic carbocycles. The van der Waals surface area contributed by atoms with E-state index in [1.165, 1.54) is 0 Å². The third-order valence-electron chi connectivity index (χ3n) is 5.15. The molecule has 0 saturated carbocycles. The predicted octanol–water partition coefficient (Wildman–Crippen LogP) is 2.30. The minimum atomic E-state index is 0.185. The zero-order valence-corrected chi connectivity index (χ0v) is 13.9. The zero-order chi connectivity index (χ0) is 16.5. The highest BCUT2D eigenvalue weighted by Gasteiger charge is 2.39. The van der Waals surface area contributed by atoms with Crippen LogP contribution >= 0.6 is 0 Å². The lowest BCUT2D eigenvalue weighted by atomic mass is 10.0. The second-order valence-corrected chi connectivity index (χ2v) is 6.63. The highest BCUT2D eigenvalue weighted by Crippen LogP contribution is 2.31. The second-order valence-electron chi connectivity index (χ2n) is 6.63. The van der Waals surface area contributed by atoms with Gasteiger partial charge in [-0.3, -0.25) is 9.69 Å². The van der Waals surface area contributed by atoms with E-state index in [9.17, 15) is 4.79 Å². The highest BCUT2D eigenvalue weighted by molar-refractivity contribution is 5.74. The van der Waals surface area contributed by atoms with Crippen LogP contribution in [-0.2, 0) is 11.3 Å². The molecule has 128 valence electrons. The van der Waals surface area contributed by atoms with Gasteiger partial charge in [-0.25, -0.2) is 0 Å². The Morgan fingerprint density at radius 2 is 2.12 bits per heavy atom. The van der Waals surface area contributed by atoms with Crippen LogP contribution in [0.15, 0.2) is 27.5 Å². The van der Waals surface area contributed by atoms with Gasteiger partial charge < -0.3 is 13.8 Å². The maximum Gasteiger partial charge on any atom is 0.241 e. The molecule has 0 N–H and O–H groups in total. The Bertz CT molecular complexity index is 697. The lowest BCUT2D eigenvalue weighted by molar-refractivity contribution is -0.130. The van der Waals surface area contributed by atoms with Crippen molar-refractivity contribution >= 4 is 5.91 Å². The van der Waals surface area contributed by atoms with Crippen LogP contribution in [-0.4, -0.2) is 51.0 Å². The molecule has 2 aliphatic heterocycles. The molecule has 2 aromatic rings. The molecule has 0 aromatic carbocycles. The molecule has 0 spiro atoms. The lowest BCUT2D eigenvalue weighted by Gasteiger charge is -2.33. The van der Waals surface area contributed by atoms with Crippen LogP contribution < -0.4 is 0 Å². The van der Waals surface area contributed by atoms with Gasteiger partial charge in [0.05, 0.1) is 18.4 Å². The Labute approximate surface area is 140 Å². The van der Waals surface area contributed by atoms with Gasteiger partial charge in [-0.2, -0.15) is 4.98 Å². The monoisotopic (exact) mass is 330 g/mol. The Kier molecular flexibility index (Phi) is 4.10. The maximum atomic E-state index is 11.9. The summed E-state index contributed by atoms with van der Waals surface area (Å²) in [7, 11) is 0. The standard InChI is InChI=1S/C17H22N4O3/c1-12(22)21-8-3-5-15(21)14-4-2-7-20(14)10-16-18-17(19-24-16)13-6-9-23-11-13/h6,9,11,14-15H,2-5,7-8,10H2,1H3/t14-,15+/m0/s1. The van der Waals surface area contributed by atoms with Crippen molar-refractivity contribution in [2.75, 3.05) is 13.1 Å². The Hall–Kier alpha value is -2.15. The van der Waals surface area contributed by atoms with E-state index in [2.05, 4.69) is 15.0 Å². The van der Waals surface area contributed by atoms with Crippen LogP contribution in [0, 0.1) is 0 Å². The molecule has 0 radical (unpaired) electrons. The van der Waals surface area contributed by atoms with E-state index in [0.717, 1.165) is 44.3 Å². The normalized spacial score (nSPS) is 24.8. The number of likely N-dealkylation sites (tertiary alicyclic amines) is 2. The molecule has 2 fully saturated rings. The molecule has 7 nitrogen and oxygen atoms in total. The summed E-state index contributed by atoms with van der Waals surface area (Å²) in [5.41, 5.74) is 0.821. The molecule has 7 heteroatoms. The quantitative estimate of drug-likeness (QED) is 0.856. The summed E-state index contributed by atoms with van der Waals surface area (Å²) < 4.78 is 10.5. The predicted molar refractivity (Wildman–Crippen MR) is 85.8 cm³/mol. The van der Waals surface area contributed by atoms with Crippen molar-refractivity contribution < 1.29 is 13.7 Å². The average Bonchev–Trinajstić information content (AvgIpc) is 3.35. The average molecular weight is 330 g/mol. The molecular formula is C17H22N4O3. The Morgan fingerprint density at radius 3 is 2.92 bits per heavy atom. The zero-order valence-electron chi connectivity index (χ0n) is 13.9. The molecule has 24 heavy (non-hydrogen) atoms. The van der Waals surface area contributed by atoms with Gasteiger partial charge in [-0.1, -0.05) is 5.16 Å². The number of carbonyl (C=O) groups excluding carboxylic acids is 1. The summed E-state index contributed by atoms with van der Waals surface area (Å²) in [4.78, 5) is 20.8. The van der Waals surface area contributed by atoms with Crippen molar-refractivity contribution in [1.82, 2.24) is 19.9 Å². The van der Waals surface area contributed by atoms with Crippen molar-refractivity contribution in [2.45, 2.75) is 51.2 Å². The first-order valence-corrected chi connectivity index (χ1v) is 8.59. The van der Waals surface area contributed by atoms with Crippen LogP contribution in [0.2, 0.25) is 0 Å². The molecule has 0 bridgehead atoms. The third kappa shape index (κ3) is 2.84.